The van der Waals surface area contributed by atoms with Crippen LogP contribution in [-0.4, -0.2) is 23.7 Å². The molecule has 5 nitrogen and oxygen atoms in total. The number of rotatable bonds is 11. The molecule has 0 saturated carbocycles. The number of aromatic nitrogens is 5. The molecular weight excluding hydrogens is 1300 g/mol. The summed E-state index contributed by atoms with van der Waals surface area (Å²) in [5, 5.41) is 5.96. The van der Waals surface area contributed by atoms with Gasteiger partial charge in [0.05, 0.1) is 49.8 Å². The lowest BCUT2D eigenvalue weighted by Crippen LogP contribution is -2.28. The number of hydrogen-bond donors (Lipinski definition) is 0. The zero-order valence-electron chi connectivity index (χ0n) is 58.5. The molecule has 3 aliphatic carbocycles. The van der Waals surface area contributed by atoms with Gasteiger partial charge in [-0.1, -0.05) is 303 Å². The topological polar surface area (TPSA) is 40.6 Å². The van der Waals surface area contributed by atoms with Crippen LogP contribution in [0.1, 0.15) is 67.2 Å². The Bertz CT molecular complexity index is 6690. The van der Waals surface area contributed by atoms with Crippen LogP contribution < -0.4 is 0 Å². The van der Waals surface area contributed by atoms with Crippen molar-refractivity contribution in [2.75, 3.05) is 0 Å². The first-order valence-electron chi connectivity index (χ1n) is 37.2. The summed E-state index contributed by atoms with van der Waals surface area (Å²) in [5.74, 6) is 0.706. The molecule has 1 atom stereocenters. The van der Waals surface area contributed by atoms with Gasteiger partial charge in [0, 0.05) is 61.0 Å². The summed E-state index contributed by atoms with van der Waals surface area (Å²) in [6.07, 6.45) is 5.70. The second-order valence-electron chi connectivity index (χ2n) is 29.0. The van der Waals surface area contributed by atoms with Gasteiger partial charge in [0.2, 0.25) is 5.95 Å². The monoisotopic (exact) mass is 1360 g/mol. The summed E-state index contributed by atoms with van der Waals surface area (Å²) in [4.78, 5) is 11.0. The van der Waals surface area contributed by atoms with E-state index < -0.39 is 10.8 Å². The first-order chi connectivity index (χ1) is 53.1. The van der Waals surface area contributed by atoms with Crippen LogP contribution in [0.4, 0.5) is 0 Å². The molecule has 22 rings (SSSR count). The predicted molar refractivity (Wildman–Crippen MR) is 440 cm³/mol. The standard InChI is InChI=1S/C102H67N5/c1-7-27-66(28-8-1)92-65-93(67-29-9-2-10-30-67)104-100(103-92)107-98-57-49-70(68-47-55-96-84(59-68)82-41-21-25-45-94(82)105(96)76-51-53-80-78-39-19-23-43-88(78)101(90(80)63-76,72-31-11-3-12-32-72)73-33-13-4-14-34-73)61-86(98)87-62-71(50-58-99(87)107)69-48-56-97-85(60-69)83-42-22-26-46-95(83)106(97)77-52-54-81-79-40-20-24-44-89(79)102(91(81)64-77,74-35-15-5-16-36-74)75-37-17-6-18-38-75/h1-59,61-65,69H,60H2. The molecule has 4 aromatic heterocycles. The summed E-state index contributed by atoms with van der Waals surface area (Å²) in [6, 6.07) is 139. The van der Waals surface area contributed by atoms with Crippen molar-refractivity contribution in [3.63, 3.8) is 0 Å². The van der Waals surface area contributed by atoms with E-state index in [1.165, 1.54) is 105 Å². The van der Waals surface area contributed by atoms with E-state index in [0.717, 1.165) is 84.3 Å². The maximum atomic E-state index is 5.51. The molecule has 3 aliphatic rings. The Balaban J connectivity index is 0.697. The molecular formula is C102H67N5. The summed E-state index contributed by atoms with van der Waals surface area (Å²) < 4.78 is 7.31. The van der Waals surface area contributed by atoms with Gasteiger partial charge < -0.3 is 9.13 Å². The van der Waals surface area contributed by atoms with E-state index in [1.807, 2.05) is 0 Å². The number of hydrogen-bond acceptors (Lipinski definition) is 2. The van der Waals surface area contributed by atoms with Crippen LogP contribution in [0.15, 0.2) is 382 Å². The summed E-state index contributed by atoms with van der Waals surface area (Å²) >= 11 is 0. The van der Waals surface area contributed by atoms with Gasteiger partial charge >= 0.3 is 0 Å². The minimum Gasteiger partial charge on any atom is -0.310 e. The van der Waals surface area contributed by atoms with Crippen molar-refractivity contribution in [1.82, 2.24) is 23.7 Å². The lowest BCUT2D eigenvalue weighted by atomic mass is 9.67. The Labute approximate surface area is 620 Å². The van der Waals surface area contributed by atoms with Gasteiger partial charge in [0.25, 0.3) is 0 Å². The van der Waals surface area contributed by atoms with E-state index in [1.54, 1.807) is 0 Å². The molecule has 0 amide bonds. The lowest BCUT2D eigenvalue weighted by molar-refractivity contribution is 0.767. The number of benzene rings is 15. The molecule has 0 bridgehead atoms. The Hall–Kier alpha value is -13.7. The predicted octanol–water partition coefficient (Wildman–Crippen LogP) is 24.7. The quantitative estimate of drug-likeness (QED) is 0.129. The number of fused-ring (bicyclic) bond motifs is 15. The van der Waals surface area contributed by atoms with Crippen molar-refractivity contribution in [3.05, 3.63) is 444 Å². The summed E-state index contributed by atoms with van der Waals surface area (Å²) in [6.45, 7) is 0. The fourth-order valence-corrected chi connectivity index (χ4v) is 19.0. The molecule has 15 aromatic carbocycles. The van der Waals surface area contributed by atoms with Crippen molar-refractivity contribution >= 4 is 60.6 Å². The van der Waals surface area contributed by atoms with E-state index in [4.69, 9.17) is 9.97 Å². The fraction of sp³-hybridized carbons (Fsp3) is 0.0392. The van der Waals surface area contributed by atoms with Crippen LogP contribution in [0.25, 0.3) is 134 Å². The molecule has 107 heavy (non-hydrogen) atoms. The highest BCUT2D eigenvalue weighted by molar-refractivity contribution is 6.13. The molecule has 0 aliphatic heterocycles. The van der Waals surface area contributed by atoms with Crippen molar-refractivity contribution in [2.45, 2.75) is 23.2 Å². The van der Waals surface area contributed by atoms with E-state index in [2.05, 4.69) is 402 Å². The number of allylic oxidation sites excluding steroid dienone is 1. The summed E-state index contributed by atoms with van der Waals surface area (Å²) in [5.41, 5.74) is 32.0. The zero-order chi connectivity index (χ0) is 70.3. The van der Waals surface area contributed by atoms with Gasteiger partial charge in [0.15, 0.2) is 0 Å². The van der Waals surface area contributed by atoms with E-state index in [9.17, 15) is 0 Å². The minimum atomic E-state index is -0.529. The molecule has 1 unspecified atom stereocenters. The largest absolute Gasteiger partial charge is 0.310 e. The van der Waals surface area contributed by atoms with E-state index in [-0.39, 0.29) is 5.92 Å². The van der Waals surface area contributed by atoms with Crippen molar-refractivity contribution in [3.8, 4) is 73.2 Å². The third-order valence-corrected chi connectivity index (χ3v) is 23.6. The molecule has 500 valence electrons. The van der Waals surface area contributed by atoms with Gasteiger partial charge in [-0.3, -0.25) is 4.57 Å². The second-order valence-corrected chi connectivity index (χ2v) is 29.0. The van der Waals surface area contributed by atoms with Crippen molar-refractivity contribution in [1.29, 1.82) is 0 Å². The fourth-order valence-electron chi connectivity index (χ4n) is 19.0. The lowest BCUT2D eigenvalue weighted by Gasteiger charge is -2.34. The van der Waals surface area contributed by atoms with Gasteiger partial charge in [-0.05, 0) is 180 Å². The van der Waals surface area contributed by atoms with Gasteiger partial charge in [0.1, 0.15) is 0 Å². The highest BCUT2D eigenvalue weighted by atomic mass is 15.2. The first kappa shape index (κ1) is 60.8. The third kappa shape index (κ3) is 9.05. The SMILES string of the molecule is C1=CC(c2ccc3c(c2)c2cc(-c4ccc5c(c4)c4ccccc4n5-c4ccc5c(c4)C(c4ccccc4)(c4ccccc4)c4ccccc4-5)ccc2n3-c2nc(-c3ccccc3)cc(-c3ccccc3)n2)Cc2c1n(-c1ccc3c(c1)C(c1ccccc1)(c1ccccc1)c1ccccc1-3)c1ccccc21. The molecule has 5 heteroatoms. The van der Waals surface area contributed by atoms with E-state index in [0.29, 0.717) is 5.95 Å². The maximum Gasteiger partial charge on any atom is 0.235 e. The molecule has 0 saturated heterocycles. The minimum absolute atomic E-state index is 0.0854. The number of nitrogens with zero attached hydrogens (tertiary/aromatic N) is 5. The smallest absolute Gasteiger partial charge is 0.235 e. The maximum absolute atomic E-state index is 5.51. The highest BCUT2D eigenvalue weighted by Gasteiger charge is 2.48. The van der Waals surface area contributed by atoms with Gasteiger partial charge in [-0.15, -0.1) is 0 Å². The zero-order valence-corrected chi connectivity index (χ0v) is 58.5. The average Bonchev–Trinajstić information content (AvgIpc) is 1.63. The Morgan fingerprint density at radius 2 is 0.664 bits per heavy atom. The van der Waals surface area contributed by atoms with Crippen LogP contribution in [0.5, 0.6) is 0 Å². The van der Waals surface area contributed by atoms with Crippen LogP contribution >= 0.6 is 0 Å². The molecule has 4 heterocycles. The van der Waals surface area contributed by atoms with Gasteiger partial charge in [-0.2, -0.15) is 0 Å². The highest BCUT2D eigenvalue weighted by Crippen LogP contribution is 2.59. The number of para-hydroxylation sites is 2. The molecule has 0 radical (unpaired) electrons. The van der Waals surface area contributed by atoms with Crippen LogP contribution in [0.2, 0.25) is 0 Å². The molecule has 0 spiro atoms. The summed E-state index contributed by atoms with van der Waals surface area (Å²) in [7, 11) is 0. The van der Waals surface area contributed by atoms with Crippen molar-refractivity contribution < 1.29 is 0 Å². The van der Waals surface area contributed by atoms with Crippen LogP contribution in [0.3, 0.4) is 0 Å². The molecule has 0 fully saturated rings. The van der Waals surface area contributed by atoms with E-state index >= 15 is 0 Å². The third-order valence-electron chi connectivity index (χ3n) is 23.6. The van der Waals surface area contributed by atoms with Crippen molar-refractivity contribution in [2.24, 2.45) is 0 Å². The van der Waals surface area contributed by atoms with Crippen LogP contribution in [0, 0.1) is 0 Å². The first-order valence-corrected chi connectivity index (χ1v) is 37.2. The average molecular weight is 1360 g/mol. The Morgan fingerprint density at radius 1 is 0.271 bits per heavy atom. The van der Waals surface area contributed by atoms with Gasteiger partial charge in [-0.25, -0.2) is 9.97 Å². The molecule has 0 N–H and O–H groups in total. The second kappa shape index (κ2) is 23.9. The normalized spacial score (nSPS) is 14.3. The van der Waals surface area contributed by atoms with Crippen LogP contribution in [-0.2, 0) is 17.3 Å². The Kier molecular flexibility index (Phi) is 13.6. The Morgan fingerprint density at radius 3 is 1.19 bits per heavy atom. The molecule has 19 aromatic rings.